The lowest BCUT2D eigenvalue weighted by atomic mass is 10.1. The summed E-state index contributed by atoms with van der Waals surface area (Å²) in [5.41, 5.74) is 0.629. The first-order valence-corrected chi connectivity index (χ1v) is 6.84. The Kier molecular flexibility index (Phi) is 4.80. The number of carbonyl (C=O) groups excluding carboxylic acids is 1. The number of halogens is 2. The maximum absolute atomic E-state index is 12.0. The van der Waals surface area contributed by atoms with Gasteiger partial charge in [-0.05, 0) is 24.3 Å². The van der Waals surface area contributed by atoms with E-state index in [1.807, 2.05) is 17.0 Å². The molecule has 96 valence electrons. The normalized spacial score (nSPS) is 16.8. The monoisotopic (exact) mass is 329 g/mol. The third kappa shape index (κ3) is 3.57. The van der Waals surface area contributed by atoms with Gasteiger partial charge in [0.15, 0.2) is 5.78 Å². The molecule has 2 rings (SSSR count). The van der Waals surface area contributed by atoms with Gasteiger partial charge in [-0.2, -0.15) is 0 Å². The minimum Gasteiger partial charge on any atom is -0.378 e. The molecule has 1 aromatic rings. The average Bonchev–Trinajstić information content (AvgIpc) is 2.40. The van der Waals surface area contributed by atoms with Crippen LogP contribution in [0, 0.1) is 0 Å². The van der Waals surface area contributed by atoms with Gasteiger partial charge in [0.1, 0.15) is 5.16 Å². The summed E-state index contributed by atoms with van der Waals surface area (Å²) in [5.74, 6) is -0.0843. The van der Waals surface area contributed by atoms with Gasteiger partial charge in [-0.1, -0.05) is 27.5 Å². The molecule has 5 heteroatoms. The Morgan fingerprint density at radius 2 is 1.89 bits per heavy atom. The molecule has 1 fully saturated rings. The van der Waals surface area contributed by atoms with Crippen LogP contribution in [0.5, 0.6) is 0 Å². The Labute approximate surface area is 119 Å². The third-order valence-electron chi connectivity index (χ3n) is 2.69. The number of allylic oxidation sites excluding steroid dienone is 1. The Morgan fingerprint density at radius 1 is 1.28 bits per heavy atom. The zero-order valence-electron chi connectivity index (χ0n) is 9.73. The second-order valence-corrected chi connectivity index (χ2v) is 5.24. The molecule has 0 N–H and O–H groups in total. The van der Waals surface area contributed by atoms with Crippen LogP contribution in [0.4, 0.5) is 0 Å². The predicted octanol–water partition coefficient (Wildman–Crippen LogP) is 3.04. The molecule has 0 unspecified atom stereocenters. The van der Waals surface area contributed by atoms with Gasteiger partial charge < -0.3 is 9.64 Å². The summed E-state index contributed by atoms with van der Waals surface area (Å²) >= 11 is 9.47. The standard InChI is InChI=1S/C13H13BrClNO2/c14-11-3-1-10(2-4-11)12(17)9-13(15)16-5-7-18-8-6-16/h1-4,9H,5-8H2/b13-9+. The first kappa shape index (κ1) is 13.6. The molecule has 0 radical (unpaired) electrons. The van der Waals surface area contributed by atoms with Crippen molar-refractivity contribution in [1.82, 2.24) is 4.90 Å². The van der Waals surface area contributed by atoms with Crippen molar-refractivity contribution in [1.29, 1.82) is 0 Å². The van der Waals surface area contributed by atoms with E-state index in [0.29, 0.717) is 23.9 Å². The van der Waals surface area contributed by atoms with Gasteiger partial charge in [0.25, 0.3) is 0 Å². The number of hydrogen-bond acceptors (Lipinski definition) is 3. The largest absolute Gasteiger partial charge is 0.378 e. The van der Waals surface area contributed by atoms with E-state index in [9.17, 15) is 4.79 Å². The molecule has 0 atom stereocenters. The van der Waals surface area contributed by atoms with Crippen LogP contribution >= 0.6 is 27.5 Å². The Bertz CT molecular complexity index is 453. The SMILES string of the molecule is O=C(/C=C(\Cl)N1CCOCC1)c1ccc(Br)cc1. The van der Waals surface area contributed by atoms with Crippen molar-refractivity contribution in [3.8, 4) is 0 Å². The van der Waals surface area contributed by atoms with Crippen LogP contribution in [0.15, 0.2) is 40.0 Å². The van der Waals surface area contributed by atoms with E-state index in [2.05, 4.69) is 15.9 Å². The maximum Gasteiger partial charge on any atom is 0.188 e. The lowest BCUT2D eigenvalue weighted by molar-refractivity contribution is 0.0570. The first-order chi connectivity index (χ1) is 8.66. The highest BCUT2D eigenvalue weighted by atomic mass is 79.9. The Hall–Kier alpha value is -0.840. The molecule has 1 heterocycles. The van der Waals surface area contributed by atoms with Crippen LogP contribution in [-0.2, 0) is 4.74 Å². The van der Waals surface area contributed by atoms with Crippen molar-refractivity contribution in [3.05, 3.63) is 45.5 Å². The number of benzene rings is 1. The van der Waals surface area contributed by atoms with Gasteiger partial charge in [-0.15, -0.1) is 0 Å². The predicted molar refractivity (Wildman–Crippen MR) is 74.8 cm³/mol. The van der Waals surface area contributed by atoms with Crippen LogP contribution in [-0.4, -0.2) is 37.0 Å². The lowest BCUT2D eigenvalue weighted by Crippen LogP contribution is -2.34. The summed E-state index contributed by atoms with van der Waals surface area (Å²) in [7, 11) is 0. The molecule has 18 heavy (non-hydrogen) atoms. The smallest absolute Gasteiger partial charge is 0.188 e. The van der Waals surface area contributed by atoms with Crippen molar-refractivity contribution >= 4 is 33.3 Å². The van der Waals surface area contributed by atoms with Crippen molar-refractivity contribution in [2.75, 3.05) is 26.3 Å². The molecule has 1 saturated heterocycles. The fourth-order valence-electron chi connectivity index (χ4n) is 1.67. The Balaban J connectivity index is 2.06. The van der Waals surface area contributed by atoms with Gasteiger partial charge in [-0.25, -0.2) is 0 Å². The number of ether oxygens (including phenoxy) is 1. The van der Waals surface area contributed by atoms with Gasteiger partial charge in [0.2, 0.25) is 0 Å². The minimum atomic E-state index is -0.0843. The maximum atomic E-state index is 12.0. The summed E-state index contributed by atoms with van der Waals surface area (Å²) in [5, 5.41) is 0.478. The highest BCUT2D eigenvalue weighted by molar-refractivity contribution is 9.10. The number of carbonyl (C=O) groups is 1. The fraction of sp³-hybridized carbons (Fsp3) is 0.308. The van der Waals surface area contributed by atoms with E-state index < -0.39 is 0 Å². The average molecular weight is 331 g/mol. The molecule has 0 saturated carbocycles. The van der Waals surface area contributed by atoms with Crippen LogP contribution < -0.4 is 0 Å². The highest BCUT2D eigenvalue weighted by Gasteiger charge is 2.13. The van der Waals surface area contributed by atoms with Crippen LogP contribution in [0.3, 0.4) is 0 Å². The van der Waals surface area contributed by atoms with Crippen molar-refractivity contribution in [2.24, 2.45) is 0 Å². The van der Waals surface area contributed by atoms with Crippen LogP contribution in [0.25, 0.3) is 0 Å². The molecule has 0 aliphatic carbocycles. The van der Waals surface area contributed by atoms with Gasteiger partial charge in [0.05, 0.1) is 13.2 Å². The molecule has 0 spiro atoms. The van der Waals surface area contributed by atoms with Gasteiger partial charge in [0, 0.05) is 29.2 Å². The van der Waals surface area contributed by atoms with E-state index in [1.54, 1.807) is 12.1 Å². The van der Waals surface area contributed by atoms with E-state index >= 15 is 0 Å². The molecule has 1 aliphatic heterocycles. The zero-order chi connectivity index (χ0) is 13.0. The quantitative estimate of drug-likeness (QED) is 0.485. The van der Waals surface area contributed by atoms with Crippen molar-refractivity contribution < 1.29 is 9.53 Å². The zero-order valence-corrected chi connectivity index (χ0v) is 12.1. The Morgan fingerprint density at radius 3 is 2.50 bits per heavy atom. The van der Waals surface area contributed by atoms with Crippen LogP contribution in [0.1, 0.15) is 10.4 Å². The van der Waals surface area contributed by atoms with Crippen molar-refractivity contribution in [2.45, 2.75) is 0 Å². The molecule has 0 amide bonds. The molecule has 0 aromatic heterocycles. The van der Waals surface area contributed by atoms with E-state index in [1.165, 1.54) is 6.08 Å². The van der Waals surface area contributed by atoms with Crippen LogP contribution in [0.2, 0.25) is 0 Å². The summed E-state index contributed by atoms with van der Waals surface area (Å²) in [6.07, 6.45) is 1.47. The third-order valence-corrected chi connectivity index (χ3v) is 3.57. The highest BCUT2D eigenvalue weighted by Crippen LogP contribution is 2.15. The minimum absolute atomic E-state index is 0.0843. The molecule has 0 bridgehead atoms. The second kappa shape index (κ2) is 6.36. The van der Waals surface area contributed by atoms with E-state index in [0.717, 1.165) is 17.6 Å². The molecule has 3 nitrogen and oxygen atoms in total. The molecule has 1 aliphatic rings. The van der Waals surface area contributed by atoms with E-state index in [4.69, 9.17) is 16.3 Å². The number of hydrogen-bond donors (Lipinski definition) is 0. The molecular weight excluding hydrogens is 318 g/mol. The van der Waals surface area contributed by atoms with Gasteiger partial charge in [-0.3, -0.25) is 4.79 Å². The summed E-state index contributed by atoms with van der Waals surface area (Å²) in [4.78, 5) is 13.9. The second-order valence-electron chi connectivity index (χ2n) is 3.94. The number of morpholine rings is 1. The topological polar surface area (TPSA) is 29.5 Å². The number of rotatable bonds is 3. The molecule has 1 aromatic carbocycles. The molecular formula is C13H13BrClNO2. The number of ketones is 1. The summed E-state index contributed by atoms with van der Waals surface area (Å²) in [6.45, 7) is 2.75. The van der Waals surface area contributed by atoms with E-state index in [-0.39, 0.29) is 5.78 Å². The number of nitrogens with zero attached hydrogens (tertiary/aromatic N) is 1. The fourth-order valence-corrected chi connectivity index (χ4v) is 2.21. The summed E-state index contributed by atoms with van der Waals surface area (Å²) in [6, 6.07) is 7.21. The van der Waals surface area contributed by atoms with Gasteiger partial charge >= 0.3 is 0 Å². The lowest BCUT2D eigenvalue weighted by Gasteiger charge is -2.27. The van der Waals surface area contributed by atoms with Crippen molar-refractivity contribution in [3.63, 3.8) is 0 Å². The first-order valence-electron chi connectivity index (χ1n) is 5.66. The summed E-state index contributed by atoms with van der Waals surface area (Å²) < 4.78 is 6.18.